The van der Waals surface area contributed by atoms with E-state index in [1.165, 1.54) is 6.42 Å². The van der Waals surface area contributed by atoms with Crippen LogP contribution in [0.3, 0.4) is 0 Å². The van der Waals surface area contributed by atoms with Crippen molar-refractivity contribution in [2.24, 2.45) is 16.3 Å². The van der Waals surface area contributed by atoms with Gasteiger partial charge in [-0.1, -0.05) is 26.8 Å². The number of aliphatic imine (C=N–C) groups is 1. The first kappa shape index (κ1) is 18.7. The van der Waals surface area contributed by atoms with Crippen molar-refractivity contribution in [3.63, 3.8) is 0 Å². The Kier molecular flexibility index (Phi) is 6.60. The van der Waals surface area contributed by atoms with Crippen molar-refractivity contribution in [3.8, 4) is 0 Å². The van der Waals surface area contributed by atoms with Crippen LogP contribution in [0.1, 0.15) is 45.0 Å². The molecule has 2 unspecified atom stereocenters. The van der Waals surface area contributed by atoms with Gasteiger partial charge in [0.15, 0.2) is 5.96 Å². The maximum absolute atomic E-state index is 6.05. The van der Waals surface area contributed by atoms with Crippen molar-refractivity contribution in [2.45, 2.75) is 53.2 Å². The van der Waals surface area contributed by atoms with Crippen LogP contribution in [-0.4, -0.2) is 37.2 Å². The van der Waals surface area contributed by atoms with Crippen molar-refractivity contribution in [1.29, 1.82) is 0 Å². The molecule has 5 heteroatoms. The monoisotopic (exact) mass is 332 g/mol. The van der Waals surface area contributed by atoms with E-state index in [1.54, 1.807) is 7.05 Å². The van der Waals surface area contributed by atoms with Crippen LogP contribution in [0.2, 0.25) is 0 Å². The molecule has 1 fully saturated rings. The average Bonchev–Trinajstić information content (AvgIpc) is 2.54. The van der Waals surface area contributed by atoms with Gasteiger partial charge in [0.2, 0.25) is 0 Å². The smallest absolute Gasteiger partial charge is 0.191 e. The van der Waals surface area contributed by atoms with Crippen LogP contribution in [-0.2, 0) is 11.3 Å². The SMILES string of the molecule is CN=C(NCc1cccc(C)n1)NCC1CCCOC1C(C)(C)C. The van der Waals surface area contributed by atoms with Crippen LogP contribution in [0.25, 0.3) is 0 Å². The Balaban J connectivity index is 1.86. The van der Waals surface area contributed by atoms with Gasteiger partial charge in [0.25, 0.3) is 0 Å². The fraction of sp³-hybridized carbons (Fsp3) is 0.684. The van der Waals surface area contributed by atoms with Gasteiger partial charge >= 0.3 is 0 Å². The quantitative estimate of drug-likeness (QED) is 0.657. The van der Waals surface area contributed by atoms with Crippen molar-refractivity contribution in [1.82, 2.24) is 15.6 Å². The highest BCUT2D eigenvalue weighted by Gasteiger charge is 2.35. The highest BCUT2D eigenvalue weighted by Crippen LogP contribution is 2.33. The highest BCUT2D eigenvalue weighted by molar-refractivity contribution is 5.79. The molecular weight excluding hydrogens is 300 g/mol. The summed E-state index contributed by atoms with van der Waals surface area (Å²) in [6.07, 6.45) is 2.62. The first-order chi connectivity index (χ1) is 11.4. The van der Waals surface area contributed by atoms with E-state index in [2.05, 4.69) is 41.4 Å². The molecule has 2 rings (SSSR count). The van der Waals surface area contributed by atoms with Crippen LogP contribution >= 0.6 is 0 Å². The van der Waals surface area contributed by atoms with Crippen LogP contribution in [0.4, 0.5) is 0 Å². The lowest BCUT2D eigenvalue weighted by Crippen LogP contribution is -2.47. The van der Waals surface area contributed by atoms with E-state index >= 15 is 0 Å². The molecule has 0 radical (unpaired) electrons. The normalized spacial score (nSPS) is 22.3. The fourth-order valence-corrected chi connectivity index (χ4v) is 3.33. The summed E-state index contributed by atoms with van der Waals surface area (Å²) in [5.41, 5.74) is 2.21. The van der Waals surface area contributed by atoms with Gasteiger partial charge in [-0.05, 0) is 37.3 Å². The molecule has 1 aliphatic heterocycles. The predicted molar refractivity (Wildman–Crippen MR) is 99.1 cm³/mol. The highest BCUT2D eigenvalue weighted by atomic mass is 16.5. The predicted octanol–water partition coefficient (Wildman–Crippen LogP) is 2.90. The van der Waals surface area contributed by atoms with E-state index in [9.17, 15) is 0 Å². The summed E-state index contributed by atoms with van der Waals surface area (Å²) in [6, 6.07) is 6.06. The minimum atomic E-state index is 0.162. The zero-order chi connectivity index (χ0) is 17.6. The number of hydrogen-bond acceptors (Lipinski definition) is 3. The minimum Gasteiger partial charge on any atom is -0.377 e. The van der Waals surface area contributed by atoms with Crippen LogP contribution in [0, 0.1) is 18.3 Å². The second-order valence-corrected chi connectivity index (χ2v) is 7.64. The number of guanidine groups is 1. The van der Waals surface area contributed by atoms with Crippen LogP contribution in [0.5, 0.6) is 0 Å². The molecule has 2 heterocycles. The summed E-state index contributed by atoms with van der Waals surface area (Å²) in [5.74, 6) is 1.32. The Morgan fingerprint density at radius 2 is 2.12 bits per heavy atom. The third-order valence-electron chi connectivity index (χ3n) is 4.44. The van der Waals surface area contributed by atoms with Gasteiger partial charge in [-0.2, -0.15) is 0 Å². The number of aromatic nitrogens is 1. The maximum atomic E-state index is 6.05. The number of pyridine rings is 1. The molecule has 5 nitrogen and oxygen atoms in total. The number of rotatable bonds is 4. The Labute approximate surface area is 146 Å². The lowest BCUT2D eigenvalue weighted by atomic mass is 9.78. The van der Waals surface area contributed by atoms with Gasteiger partial charge in [-0.15, -0.1) is 0 Å². The lowest BCUT2D eigenvalue weighted by molar-refractivity contribution is -0.0835. The Morgan fingerprint density at radius 1 is 1.33 bits per heavy atom. The van der Waals surface area contributed by atoms with E-state index < -0.39 is 0 Å². The summed E-state index contributed by atoms with van der Waals surface area (Å²) in [4.78, 5) is 8.83. The molecule has 0 amide bonds. The molecule has 2 atom stereocenters. The average molecular weight is 332 g/mol. The van der Waals surface area contributed by atoms with Crippen molar-refractivity contribution < 1.29 is 4.74 Å². The molecule has 1 aliphatic rings. The first-order valence-corrected chi connectivity index (χ1v) is 8.89. The van der Waals surface area contributed by atoms with Gasteiger partial charge in [0.1, 0.15) is 0 Å². The van der Waals surface area contributed by atoms with Crippen molar-refractivity contribution in [3.05, 3.63) is 29.6 Å². The van der Waals surface area contributed by atoms with Gasteiger partial charge in [-0.3, -0.25) is 9.98 Å². The van der Waals surface area contributed by atoms with Crippen LogP contribution in [0.15, 0.2) is 23.2 Å². The Morgan fingerprint density at radius 3 is 2.79 bits per heavy atom. The number of ether oxygens (including phenoxy) is 1. The molecule has 0 aromatic carbocycles. The molecular formula is C19H32N4O. The molecule has 1 aromatic heterocycles. The molecule has 24 heavy (non-hydrogen) atoms. The summed E-state index contributed by atoms with van der Waals surface area (Å²) in [6.45, 7) is 11.2. The van der Waals surface area contributed by atoms with E-state index in [0.29, 0.717) is 12.5 Å². The topological polar surface area (TPSA) is 58.5 Å². The molecule has 1 aromatic rings. The third-order valence-corrected chi connectivity index (χ3v) is 4.44. The van der Waals surface area contributed by atoms with Gasteiger partial charge in [0.05, 0.1) is 18.3 Å². The van der Waals surface area contributed by atoms with E-state index in [4.69, 9.17) is 4.74 Å². The number of hydrogen-bond donors (Lipinski definition) is 2. The largest absolute Gasteiger partial charge is 0.377 e. The zero-order valence-electron chi connectivity index (χ0n) is 15.7. The van der Waals surface area contributed by atoms with Gasteiger partial charge in [0, 0.05) is 31.8 Å². The van der Waals surface area contributed by atoms with E-state index in [1.807, 2.05) is 25.1 Å². The number of aryl methyl sites for hydroxylation is 1. The fourth-order valence-electron chi connectivity index (χ4n) is 3.33. The van der Waals surface area contributed by atoms with E-state index in [0.717, 1.165) is 36.9 Å². The Hall–Kier alpha value is -1.62. The van der Waals surface area contributed by atoms with Crippen molar-refractivity contribution in [2.75, 3.05) is 20.2 Å². The Bertz CT molecular complexity index is 551. The van der Waals surface area contributed by atoms with Crippen molar-refractivity contribution >= 4 is 5.96 Å². The lowest BCUT2D eigenvalue weighted by Gasteiger charge is -2.40. The number of nitrogens with one attached hydrogen (secondary N) is 2. The molecule has 134 valence electrons. The summed E-state index contributed by atoms with van der Waals surface area (Å²) in [7, 11) is 1.80. The summed E-state index contributed by atoms with van der Waals surface area (Å²) < 4.78 is 6.05. The minimum absolute atomic E-state index is 0.162. The first-order valence-electron chi connectivity index (χ1n) is 8.89. The molecule has 0 aliphatic carbocycles. The zero-order valence-corrected chi connectivity index (χ0v) is 15.7. The maximum Gasteiger partial charge on any atom is 0.191 e. The second kappa shape index (κ2) is 8.47. The standard InChI is InChI=1S/C19H32N4O/c1-14-8-6-10-16(23-14)13-22-18(20-5)21-12-15-9-7-11-24-17(15)19(2,3)4/h6,8,10,15,17H,7,9,11-13H2,1-5H3,(H2,20,21,22). The molecule has 0 spiro atoms. The summed E-state index contributed by atoms with van der Waals surface area (Å²) >= 11 is 0. The molecule has 1 saturated heterocycles. The summed E-state index contributed by atoms with van der Waals surface area (Å²) in [5, 5.41) is 6.80. The van der Waals surface area contributed by atoms with Gasteiger partial charge < -0.3 is 15.4 Å². The second-order valence-electron chi connectivity index (χ2n) is 7.64. The third kappa shape index (κ3) is 5.48. The molecule has 0 saturated carbocycles. The van der Waals surface area contributed by atoms with Crippen LogP contribution < -0.4 is 10.6 Å². The van der Waals surface area contributed by atoms with Gasteiger partial charge in [-0.25, -0.2) is 0 Å². The molecule has 0 bridgehead atoms. The van der Waals surface area contributed by atoms with E-state index in [-0.39, 0.29) is 11.5 Å². The number of nitrogens with zero attached hydrogens (tertiary/aromatic N) is 2. The molecule has 2 N–H and O–H groups in total.